The van der Waals surface area contributed by atoms with Gasteiger partial charge in [0.25, 0.3) is 0 Å². The Morgan fingerprint density at radius 2 is 0.933 bits per heavy atom. The van der Waals surface area contributed by atoms with Crippen LogP contribution in [0.2, 0.25) is 0 Å². The van der Waals surface area contributed by atoms with Crippen LogP contribution in [-0.4, -0.2) is 0 Å². The first-order chi connectivity index (χ1) is 22.3. The Kier molecular flexibility index (Phi) is 5.82. The largest absolute Gasteiger partial charge is 0.456 e. The van der Waals surface area contributed by atoms with E-state index < -0.39 is 0 Å². The normalized spacial score (nSPS) is 11.6. The summed E-state index contributed by atoms with van der Waals surface area (Å²) in [4.78, 5) is 2.31. The minimum absolute atomic E-state index is 0.869. The third kappa shape index (κ3) is 4.13. The van der Waals surface area contributed by atoms with Gasteiger partial charge in [-0.3, -0.25) is 0 Å². The van der Waals surface area contributed by atoms with Crippen LogP contribution in [0.4, 0.5) is 17.1 Å². The summed E-state index contributed by atoms with van der Waals surface area (Å²) in [5, 5.41) is 4.44. The maximum atomic E-state index is 6.72. The zero-order valence-corrected chi connectivity index (χ0v) is 24.4. The Labute approximate surface area is 260 Å². The summed E-state index contributed by atoms with van der Waals surface area (Å²) < 4.78 is 12.9. The average molecular weight is 578 g/mol. The number of anilines is 3. The van der Waals surface area contributed by atoms with Gasteiger partial charge in [0.15, 0.2) is 0 Å². The van der Waals surface area contributed by atoms with E-state index in [-0.39, 0.29) is 0 Å². The summed E-state index contributed by atoms with van der Waals surface area (Å²) in [6, 6.07) is 57.1. The highest BCUT2D eigenvalue weighted by atomic mass is 16.3. The maximum Gasteiger partial charge on any atom is 0.145 e. The minimum Gasteiger partial charge on any atom is -0.456 e. The molecule has 0 spiro atoms. The lowest BCUT2D eigenvalue weighted by molar-refractivity contribution is 0.669. The zero-order chi connectivity index (χ0) is 29.7. The molecule has 3 nitrogen and oxygen atoms in total. The molecule has 0 bridgehead atoms. The van der Waals surface area contributed by atoms with Crippen molar-refractivity contribution < 1.29 is 8.83 Å². The summed E-state index contributed by atoms with van der Waals surface area (Å²) >= 11 is 0. The van der Waals surface area contributed by atoms with Crippen molar-refractivity contribution >= 4 is 60.9 Å². The van der Waals surface area contributed by atoms with Crippen molar-refractivity contribution in [3.63, 3.8) is 0 Å². The van der Waals surface area contributed by atoms with Crippen LogP contribution < -0.4 is 4.90 Å². The van der Waals surface area contributed by atoms with Crippen LogP contribution in [0.25, 0.3) is 66.1 Å². The molecule has 7 aromatic carbocycles. The van der Waals surface area contributed by atoms with E-state index in [0.29, 0.717) is 0 Å². The third-order valence-electron chi connectivity index (χ3n) is 8.66. The highest BCUT2D eigenvalue weighted by Gasteiger charge is 2.22. The van der Waals surface area contributed by atoms with Crippen LogP contribution in [0, 0.1) is 0 Å². The van der Waals surface area contributed by atoms with E-state index in [1.165, 1.54) is 0 Å². The molecular formula is C42H27NO2. The van der Waals surface area contributed by atoms with E-state index in [9.17, 15) is 0 Å². The first-order valence-corrected chi connectivity index (χ1v) is 15.2. The molecule has 0 saturated carbocycles. The molecule has 2 heterocycles. The second-order valence-corrected chi connectivity index (χ2v) is 11.3. The van der Waals surface area contributed by atoms with Crippen molar-refractivity contribution in [2.45, 2.75) is 0 Å². The lowest BCUT2D eigenvalue weighted by atomic mass is 9.94. The molecule has 0 N–H and O–H groups in total. The Morgan fingerprint density at radius 1 is 0.378 bits per heavy atom. The molecule has 212 valence electrons. The van der Waals surface area contributed by atoms with E-state index in [1.54, 1.807) is 0 Å². The first-order valence-electron chi connectivity index (χ1n) is 15.2. The molecule has 9 rings (SSSR count). The molecule has 0 aliphatic heterocycles. The van der Waals surface area contributed by atoms with Gasteiger partial charge in [-0.15, -0.1) is 0 Å². The fourth-order valence-corrected chi connectivity index (χ4v) is 6.68. The van der Waals surface area contributed by atoms with Crippen molar-refractivity contribution in [3.05, 3.63) is 164 Å². The summed E-state index contributed by atoms with van der Waals surface area (Å²) in [5.41, 5.74) is 11.2. The number of furan rings is 2. The molecule has 0 radical (unpaired) electrons. The number of fused-ring (bicyclic) bond motifs is 6. The topological polar surface area (TPSA) is 29.5 Å². The SMILES string of the molecule is c1ccc(N(c2ccccc2)c2ccc(-c3cccc(-c4cccc5oc6ccccc6c45)c3)c3oc4ccccc4c23)cc1. The minimum atomic E-state index is 0.869. The predicted molar refractivity (Wildman–Crippen MR) is 187 cm³/mol. The highest BCUT2D eigenvalue weighted by molar-refractivity contribution is 6.17. The van der Waals surface area contributed by atoms with E-state index in [1.807, 2.05) is 24.3 Å². The molecule has 0 atom stereocenters. The van der Waals surface area contributed by atoms with E-state index >= 15 is 0 Å². The lowest BCUT2D eigenvalue weighted by Gasteiger charge is -2.26. The molecule has 3 heteroatoms. The van der Waals surface area contributed by atoms with Crippen molar-refractivity contribution in [1.82, 2.24) is 0 Å². The van der Waals surface area contributed by atoms with Gasteiger partial charge in [-0.2, -0.15) is 0 Å². The zero-order valence-electron chi connectivity index (χ0n) is 24.4. The van der Waals surface area contributed by atoms with Gasteiger partial charge >= 0.3 is 0 Å². The van der Waals surface area contributed by atoms with Crippen LogP contribution in [-0.2, 0) is 0 Å². The molecule has 0 aliphatic carbocycles. The van der Waals surface area contributed by atoms with E-state index in [0.717, 1.165) is 83.2 Å². The standard InChI is InChI=1S/C42H27NO2/c1-3-15-30(16-4-1)43(31-17-5-2-6-18-31)36-26-25-33(42-41(36)35-20-8-10-23-38(35)45-42)29-14-11-13-28(27-29)32-21-12-24-39-40(32)34-19-7-9-22-37(34)44-39/h1-27H. The van der Waals surface area contributed by atoms with Crippen molar-refractivity contribution in [2.24, 2.45) is 0 Å². The summed E-state index contributed by atoms with van der Waals surface area (Å²) in [6.45, 7) is 0. The van der Waals surface area contributed by atoms with Crippen molar-refractivity contribution in [1.29, 1.82) is 0 Å². The van der Waals surface area contributed by atoms with Gasteiger partial charge in [-0.05, 0) is 77.4 Å². The second-order valence-electron chi connectivity index (χ2n) is 11.3. The summed E-state index contributed by atoms with van der Waals surface area (Å²) in [7, 11) is 0. The Bertz CT molecular complexity index is 2450. The van der Waals surface area contributed by atoms with Crippen LogP contribution in [0.15, 0.2) is 173 Å². The number of benzene rings is 7. The van der Waals surface area contributed by atoms with Gasteiger partial charge in [-0.25, -0.2) is 0 Å². The van der Waals surface area contributed by atoms with E-state index in [2.05, 4.69) is 144 Å². The Balaban J connectivity index is 1.28. The number of nitrogens with zero attached hydrogens (tertiary/aromatic N) is 1. The van der Waals surface area contributed by atoms with E-state index in [4.69, 9.17) is 8.83 Å². The lowest BCUT2D eigenvalue weighted by Crippen LogP contribution is -2.10. The summed E-state index contributed by atoms with van der Waals surface area (Å²) in [5.74, 6) is 0. The van der Waals surface area contributed by atoms with Crippen LogP contribution in [0.5, 0.6) is 0 Å². The predicted octanol–water partition coefficient (Wildman–Crippen LogP) is 12.3. The number of para-hydroxylation sites is 4. The van der Waals surface area contributed by atoms with Crippen molar-refractivity contribution in [2.75, 3.05) is 4.90 Å². The monoisotopic (exact) mass is 577 g/mol. The molecule has 0 amide bonds. The van der Waals surface area contributed by atoms with Gasteiger partial charge in [0.2, 0.25) is 0 Å². The molecule has 2 aromatic heterocycles. The molecule has 0 fully saturated rings. The van der Waals surface area contributed by atoms with Gasteiger partial charge in [0, 0.05) is 33.1 Å². The van der Waals surface area contributed by atoms with Crippen molar-refractivity contribution in [3.8, 4) is 22.3 Å². The molecule has 0 unspecified atom stereocenters. The van der Waals surface area contributed by atoms with Gasteiger partial charge in [0.05, 0.1) is 11.1 Å². The maximum absolute atomic E-state index is 6.72. The fraction of sp³-hybridized carbons (Fsp3) is 0. The first kappa shape index (κ1) is 25.4. The molecular weight excluding hydrogens is 550 g/mol. The third-order valence-corrected chi connectivity index (χ3v) is 8.66. The molecule has 9 aromatic rings. The van der Waals surface area contributed by atoms with Gasteiger partial charge in [0.1, 0.15) is 22.3 Å². The van der Waals surface area contributed by atoms with Crippen LogP contribution >= 0.6 is 0 Å². The Morgan fingerprint density at radius 3 is 1.64 bits per heavy atom. The number of hydrogen-bond acceptors (Lipinski definition) is 3. The quantitative estimate of drug-likeness (QED) is 0.204. The summed E-state index contributed by atoms with van der Waals surface area (Å²) in [6.07, 6.45) is 0. The average Bonchev–Trinajstić information content (AvgIpc) is 3.69. The van der Waals surface area contributed by atoms with Gasteiger partial charge < -0.3 is 13.7 Å². The molecule has 0 aliphatic rings. The van der Waals surface area contributed by atoms with Crippen LogP contribution in [0.1, 0.15) is 0 Å². The molecule has 45 heavy (non-hydrogen) atoms. The number of hydrogen-bond donors (Lipinski definition) is 0. The molecule has 0 saturated heterocycles. The smallest absolute Gasteiger partial charge is 0.145 e. The fourth-order valence-electron chi connectivity index (χ4n) is 6.68. The number of rotatable bonds is 5. The highest BCUT2D eigenvalue weighted by Crippen LogP contribution is 2.46. The van der Waals surface area contributed by atoms with Crippen LogP contribution in [0.3, 0.4) is 0 Å². The van der Waals surface area contributed by atoms with Gasteiger partial charge in [-0.1, -0.05) is 103 Å². The second kappa shape index (κ2) is 10.3. The Hall–Kier alpha value is -6.06.